The van der Waals surface area contributed by atoms with E-state index in [1.54, 1.807) is 59.0 Å². The highest BCUT2D eigenvalue weighted by molar-refractivity contribution is 14.1. The zero-order chi connectivity index (χ0) is 105. The summed E-state index contributed by atoms with van der Waals surface area (Å²) in [7, 11) is 0. The lowest BCUT2D eigenvalue weighted by molar-refractivity contribution is -0.182. The molecule has 14 heterocycles. The van der Waals surface area contributed by atoms with Crippen LogP contribution in [0.4, 0.5) is 39.5 Å². The molecule has 7 fully saturated rings. The number of terminal acetylenes is 1. The Balaban J connectivity index is 0.000000200. The Morgan fingerprint density at radius 1 is 0.386 bits per heavy atom. The number of aliphatic hydroxyl groups excluding tert-OH is 5. The highest BCUT2D eigenvalue weighted by Crippen LogP contribution is 2.53. The van der Waals surface area contributed by atoms with Gasteiger partial charge in [0.1, 0.15) is 24.1 Å². The van der Waals surface area contributed by atoms with Crippen LogP contribution < -0.4 is 0 Å². The third-order valence-corrected chi connectivity index (χ3v) is 27.3. The zero-order valence-electron chi connectivity index (χ0n) is 75.6. The van der Waals surface area contributed by atoms with Crippen LogP contribution in [0.5, 0.6) is 0 Å². The van der Waals surface area contributed by atoms with Gasteiger partial charge in [-0.05, 0) is 67.5 Å². The van der Waals surface area contributed by atoms with Crippen LogP contribution in [0.1, 0.15) is 92.4 Å². The van der Waals surface area contributed by atoms with Crippen LogP contribution in [0, 0.1) is 30.1 Å². The Kier molecular flexibility index (Phi) is 38.6. The minimum Gasteiger partial charge on any atom is -0.468 e. The van der Waals surface area contributed by atoms with Gasteiger partial charge in [-0.3, -0.25) is 101 Å². The Hall–Kier alpha value is -10.5. The summed E-state index contributed by atoms with van der Waals surface area (Å²) in [6, 6.07) is 0. The number of allylic oxidation sites excluding steroid dienone is 7. The van der Waals surface area contributed by atoms with E-state index in [0.717, 1.165) is 109 Å². The first-order chi connectivity index (χ1) is 65.7. The molecule has 14 aliphatic rings. The summed E-state index contributed by atoms with van der Waals surface area (Å²) in [6.45, 7) is 31.1. The summed E-state index contributed by atoms with van der Waals surface area (Å²) < 4.78 is 171. The van der Waals surface area contributed by atoms with Crippen molar-refractivity contribution in [2.24, 2.45) is 17.8 Å². The molecule has 0 saturated carbocycles. The summed E-state index contributed by atoms with van der Waals surface area (Å²) in [5, 5.41) is 48.7. The molecule has 27 atom stereocenters. The maximum Gasteiger partial charge on any atom is 0.250 e. The van der Waals surface area contributed by atoms with E-state index in [1.165, 1.54) is 54.7 Å². The molecule has 0 aromatic carbocycles. The maximum atomic E-state index is 15.3. The number of rotatable bonds is 19. The molecular weight excluding hydrogens is 2210 g/mol. The van der Waals surface area contributed by atoms with Crippen molar-refractivity contribution in [1.29, 1.82) is 0 Å². The van der Waals surface area contributed by atoms with Crippen LogP contribution in [-0.2, 0) is 100 Å². The molecule has 0 aliphatic carbocycles. The van der Waals surface area contributed by atoms with Gasteiger partial charge in [-0.2, -0.15) is 0 Å². The molecule has 7 saturated heterocycles. The number of carbonyl (C=O) groups excluding carboxylic acids is 14. The van der Waals surface area contributed by atoms with Crippen molar-refractivity contribution >= 4 is 150 Å². The van der Waals surface area contributed by atoms with Crippen LogP contribution in [0.15, 0.2) is 209 Å². The maximum absolute atomic E-state index is 15.3. The van der Waals surface area contributed by atoms with Crippen molar-refractivity contribution in [3.63, 3.8) is 0 Å². The summed E-state index contributed by atoms with van der Waals surface area (Å²) in [6.07, 6.45) is 6.86. The Labute approximate surface area is 838 Å². The second-order valence-electron chi connectivity index (χ2n) is 33.3. The molecule has 0 bridgehead atoms. The van der Waals surface area contributed by atoms with E-state index in [2.05, 4.69) is 86.4 Å². The van der Waals surface area contributed by atoms with Crippen LogP contribution in [0.25, 0.3) is 0 Å². The molecule has 7 amide bonds. The van der Waals surface area contributed by atoms with Crippen molar-refractivity contribution in [3.05, 3.63) is 209 Å². The summed E-state index contributed by atoms with van der Waals surface area (Å²) >= 11 is 5.33. The third-order valence-electron chi connectivity index (χ3n) is 24.3. The first-order valence-corrected chi connectivity index (χ1v) is 47.2. The second-order valence-corrected chi connectivity index (χ2v) is 35.7. The molecule has 45 heteroatoms. The van der Waals surface area contributed by atoms with E-state index in [4.69, 9.17) is 44.7 Å². The SMILES string of the molecule is C#C[C@@]1(F)[C@H](C)[C@@H](CC)O[C@H]1N1C=CC(=O)CC1=O.C=C=C[C@@]1(F)[C@H](C)[C@@H](CC)O[C@H]1N1C=CC(=O)CC1=O.C=C=C[C@@]1(F)[C@H](O)C(=C)O[C@H]1N1C=CC(=O)CC1=O.C=C=C[C@@]1(F)[C@H](O)[C@@H](CI)O[C@H]1N1C=CC(=O)CC1=O.C=C=C[C@@]1(F)[C@H](O)[C@@H](CO)O[C@H]1N1C=CC(=O)CC1=O.C=C=C[C@]1(F)[C@H](N2C=CC(=O)CC2=O)O[C@](F)(CI)[C@H]1C.C=C=C[C@]1(F)[C@H](N2C=CC(=O)CC2=O)O[C@](F)(CI)[C@H]1O. The Bertz CT molecular complexity index is 5210. The van der Waals surface area contributed by atoms with Gasteiger partial charge in [0.25, 0.3) is 0 Å². The van der Waals surface area contributed by atoms with Gasteiger partial charge >= 0.3 is 0 Å². The minimum atomic E-state index is -2.72. The largest absolute Gasteiger partial charge is 0.468 e. The molecule has 14 rings (SSSR count). The van der Waals surface area contributed by atoms with Crippen molar-refractivity contribution in [3.8, 4) is 12.3 Å². The van der Waals surface area contributed by atoms with Crippen molar-refractivity contribution < 1.29 is 165 Å². The molecule has 0 unspecified atom stereocenters. The number of aliphatic hydroxyl groups is 5. The lowest BCUT2D eigenvalue weighted by Gasteiger charge is -2.33. The number of halogens is 12. The predicted molar refractivity (Wildman–Crippen MR) is 499 cm³/mol. The van der Waals surface area contributed by atoms with E-state index in [0.29, 0.717) is 17.3 Å². The quantitative estimate of drug-likeness (QED) is 0.0204. The smallest absolute Gasteiger partial charge is 0.250 e. The second kappa shape index (κ2) is 47.1. The average Bonchev–Trinajstić information content (AvgIpc) is 1.58. The highest BCUT2D eigenvalue weighted by atomic mass is 127. The van der Waals surface area contributed by atoms with E-state index < -0.39 is 222 Å². The Morgan fingerprint density at radius 2 is 0.657 bits per heavy atom. The fraction of sp³-hybridized carbons (Fsp3) is 0.474. The van der Waals surface area contributed by atoms with Gasteiger partial charge in [-0.1, -0.05) is 154 Å². The first-order valence-electron chi connectivity index (χ1n) is 42.6. The number of alkyl halides is 12. The summed E-state index contributed by atoms with van der Waals surface area (Å²) in [4.78, 5) is 168. The van der Waals surface area contributed by atoms with Gasteiger partial charge in [0.15, 0.2) is 101 Å². The van der Waals surface area contributed by atoms with E-state index >= 15 is 17.6 Å². The normalized spacial score (nSPS) is 37.7. The number of hydrogen-bond acceptors (Lipinski definition) is 26. The van der Waals surface area contributed by atoms with Gasteiger partial charge < -0.3 is 58.7 Å². The molecule has 14 aliphatic heterocycles. The lowest BCUT2D eigenvalue weighted by atomic mass is 9.86. The number of ketones is 7. The number of amides is 7. The third kappa shape index (κ3) is 23.4. The number of carbonyl (C=O) groups is 14. The predicted octanol–water partition coefficient (Wildman–Crippen LogP) is 8.03. The van der Waals surface area contributed by atoms with Gasteiger partial charge in [-0.25, -0.2) is 39.5 Å². The van der Waals surface area contributed by atoms with Gasteiger partial charge in [0.05, 0.1) is 84.6 Å². The number of ether oxygens (including phenoxy) is 7. The minimum absolute atomic E-state index is 0.0935. The molecule has 754 valence electrons. The first kappa shape index (κ1) is 115. The standard InChI is InChI=1S/C15H18FNO3.C14H14F2INO3.C14H16FNO3.C13H12F2INO4.C13H13FINO4.C13H14FNO5.C13H12FNO4/c1-4-7-15(16)10(3)12(5-2)20-14(15)17-8-6-11(18)9-13(17)19;1-3-5-13(15)9(2)14(16,8-17)21-12(13)18-6-4-10(19)7-11(18)20;1-4-11-9(3)14(15,5-2)13(19-11)16-7-6-10(17)8-12(16)18;1-2-4-12(14)10(20)13(15,7-16)21-11(12)17-5-3-8(18)6-9(17)19;1-2-4-13(14)11(19)9(7-15)20-12(13)16-5-3-8(17)6-10(16)18;1-2-4-13(14)11(19)9(7-16)20-12(13)15-5-3-8(17)6-10(15)18;1-3-5-13(14)11(18)8(2)19-12(13)15-6-4-9(16)7-10(15)17/h6-8,10,12,14H,1,5,9H2,2-3H3;4-6,9,12H,1,7-8H2,2H3;2,6-7,9,11,13H,4,8H2,1,3H3;3-5,10-11,20H,1,6-7H2;3-5,9,11-12,19H,1,6-7H2;3-5,9,11-12,16,19H,1,6-7H2;4-6,11-12,18H,1-2,7H2/t10-,12-,14-,15-;9-,12+,13+,14+;9-,11-,13-,14-;10-,11+,12+,13+;2*9-,11-,12-,13-;11-,12-,13-/m1010111/s1. The van der Waals surface area contributed by atoms with Crippen LogP contribution in [0.3, 0.4) is 0 Å². The molecule has 140 heavy (non-hydrogen) atoms. The van der Waals surface area contributed by atoms with Crippen LogP contribution in [-0.4, -0.2) is 305 Å². The Morgan fingerprint density at radius 3 is 0.986 bits per heavy atom. The van der Waals surface area contributed by atoms with Gasteiger partial charge in [-0.15, -0.1) is 40.8 Å². The van der Waals surface area contributed by atoms with E-state index in [-0.39, 0.29) is 87.8 Å². The fourth-order valence-corrected chi connectivity index (χ4v) is 18.6. The molecule has 0 aromatic heterocycles. The highest BCUT2D eigenvalue weighted by Gasteiger charge is 2.69. The fourth-order valence-electron chi connectivity index (χ4n) is 16.5. The summed E-state index contributed by atoms with van der Waals surface area (Å²) in [5.41, 5.74) is -2.41. The molecule has 33 nitrogen and oxygen atoms in total. The van der Waals surface area contributed by atoms with Crippen LogP contribution in [0.2, 0.25) is 0 Å². The van der Waals surface area contributed by atoms with Crippen molar-refractivity contribution in [1.82, 2.24) is 34.3 Å². The average molecular weight is 2310 g/mol. The zero-order valence-corrected chi connectivity index (χ0v) is 82.1. The molecule has 5 N–H and O–H groups in total. The van der Waals surface area contributed by atoms with Gasteiger partial charge in [0, 0.05) is 84.0 Å². The molecule has 0 radical (unpaired) electrons. The number of hydrogen-bond donors (Lipinski definition) is 5. The molecule has 0 spiro atoms. The van der Waals surface area contributed by atoms with Gasteiger partial charge in [0.2, 0.25) is 87.6 Å². The van der Waals surface area contributed by atoms with Crippen molar-refractivity contribution in [2.45, 2.75) is 236 Å². The van der Waals surface area contributed by atoms with Crippen LogP contribution >= 0.6 is 67.8 Å². The number of nitrogens with zero attached hydrogens (tertiary/aromatic N) is 7. The monoisotopic (exact) mass is 2310 g/mol. The molecule has 0 aromatic rings. The summed E-state index contributed by atoms with van der Waals surface area (Å²) in [5.74, 6) is -11.7. The van der Waals surface area contributed by atoms with Crippen molar-refractivity contribution in [2.75, 3.05) is 19.9 Å². The lowest BCUT2D eigenvalue weighted by Crippen LogP contribution is -2.52. The van der Waals surface area contributed by atoms with E-state index in [1.807, 2.05) is 36.4 Å². The molecular formula is C95H99F9I3N7O26. The van der Waals surface area contributed by atoms with E-state index in [9.17, 15) is 110 Å². The topological polar surface area (TPSA) is 427 Å².